The maximum absolute atomic E-state index is 4.28. The van der Waals surface area contributed by atoms with Gasteiger partial charge in [0.1, 0.15) is 0 Å². The number of anilines is 1. The van der Waals surface area contributed by atoms with Gasteiger partial charge in [0.2, 0.25) is 0 Å². The van der Waals surface area contributed by atoms with Gasteiger partial charge in [-0.3, -0.25) is 4.98 Å². The average Bonchev–Trinajstić information content (AvgIpc) is 3.01. The van der Waals surface area contributed by atoms with Crippen molar-refractivity contribution in [2.24, 2.45) is 0 Å². The molecule has 26 heavy (non-hydrogen) atoms. The molecular weight excluding hydrogens is 320 g/mol. The van der Waals surface area contributed by atoms with Crippen LogP contribution in [0.25, 0.3) is 10.9 Å². The highest BCUT2D eigenvalue weighted by Gasteiger charge is 2.06. The Morgan fingerprint density at radius 1 is 1.12 bits per heavy atom. The van der Waals surface area contributed by atoms with E-state index in [1.165, 1.54) is 16.5 Å². The zero-order chi connectivity index (χ0) is 18.4. The van der Waals surface area contributed by atoms with E-state index in [9.17, 15) is 0 Å². The first-order valence-electron chi connectivity index (χ1n) is 9.19. The summed E-state index contributed by atoms with van der Waals surface area (Å²) in [5, 5.41) is 7.92. The molecule has 1 aromatic carbocycles. The number of benzene rings is 1. The first-order valence-corrected chi connectivity index (χ1v) is 9.19. The molecule has 2 heterocycles. The Labute approximate surface area is 155 Å². The third-order valence-corrected chi connectivity index (χ3v) is 4.37. The molecule has 3 aromatic rings. The third kappa shape index (κ3) is 4.25. The van der Waals surface area contributed by atoms with Crippen LogP contribution in [0, 0.1) is 18.8 Å². The van der Waals surface area contributed by atoms with Gasteiger partial charge in [-0.25, -0.2) is 0 Å². The maximum atomic E-state index is 4.28. The summed E-state index contributed by atoms with van der Waals surface area (Å²) in [6.45, 7) is 9.66. The van der Waals surface area contributed by atoms with Gasteiger partial charge >= 0.3 is 0 Å². The molecule has 0 atom stereocenters. The summed E-state index contributed by atoms with van der Waals surface area (Å²) in [6.07, 6.45) is 1.84. The lowest BCUT2D eigenvalue weighted by atomic mass is 10.1. The molecule has 0 aliphatic rings. The Morgan fingerprint density at radius 3 is 2.73 bits per heavy atom. The first-order chi connectivity index (χ1) is 12.7. The SMILES string of the molecule is CCNCc1ccc2c(c1)cc(C#CCNc1ccc(C)nc1)n2CC. The van der Waals surface area contributed by atoms with Crippen LogP contribution < -0.4 is 10.6 Å². The quantitative estimate of drug-likeness (QED) is 0.664. The van der Waals surface area contributed by atoms with E-state index in [1.54, 1.807) is 0 Å². The van der Waals surface area contributed by atoms with Crippen molar-refractivity contribution in [2.45, 2.75) is 33.9 Å². The van der Waals surface area contributed by atoms with Gasteiger partial charge in [0.15, 0.2) is 0 Å². The highest BCUT2D eigenvalue weighted by Crippen LogP contribution is 2.21. The Morgan fingerprint density at radius 2 is 2.00 bits per heavy atom. The predicted molar refractivity (Wildman–Crippen MR) is 109 cm³/mol. The van der Waals surface area contributed by atoms with Crippen LogP contribution in [0.1, 0.15) is 30.8 Å². The van der Waals surface area contributed by atoms with Crippen molar-refractivity contribution in [1.29, 1.82) is 0 Å². The summed E-state index contributed by atoms with van der Waals surface area (Å²) in [7, 11) is 0. The Bertz CT molecular complexity index is 926. The standard InChI is InChI=1S/C22H26N4/c1-4-23-15-18-9-11-22-19(13-18)14-21(26(22)5-2)7-6-12-24-20-10-8-17(3)25-16-20/h8-11,13-14,16,23-24H,4-5,12,15H2,1-3H3. The summed E-state index contributed by atoms with van der Waals surface area (Å²) in [4.78, 5) is 4.28. The van der Waals surface area contributed by atoms with Crippen molar-refractivity contribution in [3.63, 3.8) is 0 Å². The van der Waals surface area contributed by atoms with Crippen LogP contribution in [-0.2, 0) is 13.1 Å². The van der Waals surface area contributed by atoms with Crippen molar-refractivity contribution in [3.8, 4) is 11.8 Å². The smallest absolute Gasteiger partial charge is 0.0931 e. The summed E-state index contributed by atoms with van der Waals surface area (Å²) >= 11 is 0. The van der Waals surface area contributed by atoms with Gasteiger partial charge < -0.3 is 15.2 Å². The van der Waals surface area contributed by atoms with E-state index in [0.717, 1.165) is 36.7 Å². The Kier molecular flexibility index (Phi) is 5.93. The number of nitrogens with zero attached hydrogens (tertiary/aromatic N) is 2. The first kappa shape index (κ1) is 18.0. The average molecular weight is 346 g/mol. The lowest BCUT2D eigenvalue weighted by Gasteiger charge is -2.05. The van der Waals surface area contributed by atoms with Crippen LogP contribution >= 0.6 is 0 Å². The van der Waals surface area contributed by atoms with Gasteiger partial charge in [-0.15, -0.1) is 0 Å². The van der Waals surface area contributed by atoms with Crippen molar-refractivity contribution in [3.05, 3.63) is 59.5 Å². The minimum absolute atomic E-state index is 0.599. The molecule has 0 unspecified atom stereocenters. The van der Waals surface area contributed by atoms with Gasteiger partial charge in [-0.1, -0.05) is 18.9 Å². The van der Waals surface area contributed by atoms with Crippen molar-refractivity contribution in [1.82, 2.24) is 14.9 Å². The molecule has 3 rings (SSSR count). The number of hydrogen-bond acceptors (Lipinski definition) is 3. The summed E-state index contributed by atoms with van der Waals surface area (Å²) in [6, 6.07) is 12.9. The highest BCUT2D eigenvalue weighted by atomic mass is 15.0. The summed E-state index contributed by atoms with van der Waals surface area (Å²) < 4.78 is 2.27. The van der Waals surface area contributed by atoms with Gasteiger partial charge in [-0.05, 0) is 62.2 Å². The van der Waals surface area contributed by atoms with Crippen LogP contribution in [0.5, 0.6) is 0 Å². The molecule has 4 nitrogen and oxygen atoms in total. The Hall–Kier alpha value is -2.77. The van der Waals surface area contributed by atoms with Gasteiger partial charge in [0.25, 0.3) is 0 Å². The van der Waals surface area contributed by atoms with E-state index in [2.05, 4.69) is 70.1 Å². The molecule has 0 spiro atoms. The minimum atomic E-state index is 0.599. The molecule has 0 saturated heterocycles. The molecule has 134 valence electrons. The monoisotopic (exact) mass is 346 g/mol. The second kappa shape index (κ2) is 8.55. The number of rotatable bonds is 6. The van der Waals surface area contributed by atoms with Gasteiger partial charge in [0.05, 0.1) is 24.1 Å². The number of pyridine rings is 1. The lowest BCUT2D eigenvalue weighted by molar-refractivity contribution is 0.727. The fraction of sp³-hybridized carbons (Fsp3) is 0.318. The van der Waals surface area contributed by atoms with Crippen LogP contribution in [0.4, 0.5) is 5.69 Å². The minimum Gasteiger partial charge on any atom is -0.373 e. The number of aryl methyl sites for hydroxylation is 2. The van der Waals surface area contributed by atoms with Crippen molar-refractivity contribution < 1.29 is 0 Å². The number of fused-ring (bicyclic) bond motifs is 1. The molecule has 2 N–H and O–H groups in total. The van der Waals surface area contributed by atoms with Gasteiger partial charge in [-0.2, -0.15) is 0 Å². The molecule has 2 aromatic heterocycles. The zero-order valence-corrected chi connectivity index (χ0v) is 15.8. The van der Waals surface area contributed by atoms with Crippen LogP contribution in [0.15, 0.2) is 42.6 Å². The molecular formula is C22H26N4. The summed E-state index contributed by atoms with van der Waals surface area (Å²) in [5.41, 5.74) is 5.62. The van der Waals surface area contributed by atoms with Crippen LogP contribution in [0.3, 0.4) is 0 Å². The fourth-order valence-corrected chi connectivity index (χ4v) is 3.00. The van der Waals surface area contributed by atoms with Crippen molar-refractivity contribution in [2.75, 3.05) is 18.4 Å². The van der Waals surface area contributed by atoms with E-state index < -0.39 is 0 Å². The normalized spacial score (nSPS) is 10.6. The van der Waals surface area contributed by atoms with E-state index in [0.29, 0.717) is 6.54 Å². The largest absolute Gasteiger partial charge is 0.373 e. The van der Waals surface area contributed by atoms with E-state index in [4.69, 9.17) is 0 Å². The van der Waals surface area contributed by atoms with Crippen LogP contribution in [-0.4, -0.2) is 22.6 Å². The lowest BCUT2D eigenvalue weighted by Crippen LogP contribution is -2.11. The molecule has 0 saturated carbocycles. The molecule has 0 amide bonds. The topological polar surface area (TPSA) is 41.9 Å². The second-order valence-electron chi connectivity index (χ2n) is 6.29. The van der Waals surface area contributed by atoms with E-state index >= 15 is 0 Å². The maximum Gasteiger partial charge on any atom is 0.0931 e. The number of nitrogens with one attached hydrogen (secondary N) is 2. The van der Waals surface area contributed by atoms with Gasteiger partial charge in [0, 0.05) is 29.7 Å². The van der Waals surface area contributed by atoms with E-state index in [-0.39, 0.29) is 0 Å². The molecule has 0 bridgehead atoms. The predicted octanol–water partition coefficient (Wildman–Crippen LogP) is 3.94. The van der Waals surface area contributed by atoms with Crippen LogP contribution in [0.2, 0.25) is 0 Å². The third-order valence-electron chi connectivity index (χ3n) is 4.37. The molecule has 0 aliphatic carbocycles. The molecule has 0 radical (unpaired) electrons. The fourth-order valence-electron chi connectivity index (χ4n) is 3.00. The van der Waals surface area contributed by atoms with Crippen molar-refractivity contribution >= 4 is 16.6 Å². The Balaban J connectivity index is 1.75. The number of aromatic nitrogens is 2. The zero-order valence-electron chi connectivity index (χ0n) is 15.8. The second-order valence-corrected chi connectivity index (χ2v) is 6.29. The molecule has 0 aliphatic heterocycles. The molecule has 0 fully saturated rings. The van der Waals surface area contributed by atoms with E-state index in [1.807, 2.05) is 25.3 Å². The highest BCUT2D eigenvalue weighted by molar-refractivity contribution is 5.83. The molecule has 4 heteroatoms. The number of hydrogen-bond donors (Lipinski definition) is 2. The summed E-state index contributed by atoms with van der Waals surface area (Å²) in [5.74, 6) is 6.54.